The van der Waals surface area contributed by atoms with Crippen molar-refractivity contribution in [3.63, 3.8) is 0 Å². The van der Waals surface area contributed by atoms with E-state index in [2.05, 4.69) is 50.6 Å². The lowest BCUT2D eigenvalue weighted by Crippen LogP contribution is -2.56. The third-order valence-corrected chi connectivity index (χ3v) is 6.87. The highest BCUT2D eigenvalue weighted by Gasteiger charge is 2.31. The fourth-order valence-corrected chi connectivity index (χ4v) is 4.84. The molecule has 1 N–H and O–H groups in total. The summed E-state index contributed by atoms with van der Waals surface area (Å²) in [7, 11) is 0. The molecule has 0 radical (unpaired) electrons. The van der Waals surface area contributed by atoms with Gasteiger partial charge in [-0.15, -0.1) is 0 Å². The van der Waals surface area contributed by atoms with Crippen LogP contribution in [0, 0.1) is 12.8 Å². The summed E-state index contributed by atoms with van der Waals surface area (Å²) in [5, 5.41) is 6.56. The van der Waals surface area contributed by atoms with Crippen molar-refractivity contribution in [2.24, 2.45) is 5.92 Å². The largest absolute Gasteiger partial charge is 0.360 e. The first-order valence-corrected chi connectivity index (χ1v) is 12.0. The van der Waals surface area contributed by atoms with E-state index < -0.39 is 0 Å². The monoisotopic (exact) mass is 453 g/mol. The molecule has 2 aromatic rings. The molecule has 0 saturated carbocycles. The van der Waals surface area contributed by atoms with Crippen LogP contribution >= 0.6 is 0 Å². The number of nitrogens with one attached hydrogen (secondary N) is 1. The molecule has 3 heterocycles. The second-order valence-electron chi connectivity index (χ2n) is 9.32. The first-order valence-electron chi connectivity index (χ1n) is 12.0. The van der Waals surface area contributed by atoms with Crippen molar-refractivity contribution in [3.05, 3.63) is 47.7 Å². The van der Waals surface area contributed by atoms with Gasteiger partial charge < -0.3 is 14.7 Å². The van der Waals surface area contributed by atoms with Crippen molar-refractivity contribution in [2.75, 3.05) is 51.1 Å². The molecule has 2 saturated heterocycles. The smallest absolute Gasteiger partial charge is 0.239 e. The number of likely N-dealkylation sites (tertiary alicyclic amines) is 1. The zero-order valence-electron chi connectivity index (χ0n) is 19.7. The molecule has 0 unspecified atom stereocenters. The minimum absolute atomic E-state index is 0.0979. The van der Waals surface area contributed by atoms with Crippen LogP contribution in [-0.4, -0.2) is 83.5 Å². The Morgan fingerprint density at radius 3 is 2.42 bits per heavy atom. The van der Waals surface area contributed by atoms with E-state index in [9.17, 15) is 9.59 Å². The third kappa shape index (κ3) is 6.42. The fraction of sp³-hybridized carbons (Fsp3) is 0.560. The van der Waals surface area contributed by atoms with Crippen molar-refractivity contribution >= 4 is 17.6 Å². The van der Waals surface area contributed by atoms with Crippen molar-refractivity contribution in [1.82, 2.24) is 19.9 Å². The molecule has 178 valence electrons. The molecular weight excluding hydrogens is 418 g/mol. The van der Waals surface area contributed by atoms with Gasteiger partial charge in [0.05, 0.1) is 12.6 Å². The molecule has 8 nitrogen and oxygen atoms in total. The lowest BCUT2D eigenvalue weighted by molar-refractivity contribution is -0.138. The van der Waals surface area contributed by atoms with Crippen LogP contribution in [0.3, 0.4) is 0 Å². The number of aromatic nitrogens is 1. The van der Waals surface area contributed by atoms with Gasteiger partial charge >= 0.3 is 0 Å². The Bertz CT molecular complexity index is 915. The van der Waals surface area contributed by atoms with Crippen molar-refractivity contribution < 1.29 is 14.1 Å². The van der Waals surface area contributed by atoms with Crippen molar-refractivity contribution in [2.45, 2.75) is 39.2 Å². The van der Waals surface area contributed by atoms with Gasteiger partial charge in [-0.25, -0.2) is 0 Å². The Hall–Kier alpha value is -2.71. The number of anilines is 1. The van der Waals surface area contributed by atoms with E-state index in [1.165, 1.54) is 5.56 Å². The highest BCUT2D eigenvalue weighted by Crippen LogP contribution is 2.23. The quantitative estimate of drug-likeness (QED) is 0.693. The molecule has 0 bridgehead atoms. The molecule has 4 rings (SSSR count). The number of hydrogen-bond acceptors (Lipinski definition) is 6. The van der Waals surface area contributed by atoms with Crippen LogP contribution in [-0.2, 0) is 16.0 Å². The van der Waals surface area contributed by atoms with E-state index in [1.807, 2.05) is 11.8 Å². The van der Waals surface area contributed by atoms with E-state index in [-0.39, 0.29) is 17.9 Å². The minimum Gasteiger partial charge on any atom is -0.360 e. The molecule has 8 heteroatoms. The fourth-order valence-electron chi connectivity index (χ4n) is 4.84. The highest BCUT2D eigenvalue weighted by atomic mass is 16.5. The van der Waals surface area contributed by atoms with E-state index in [0.717, 1.165) is 58.5 Å². The number of carbonyl (C=O) groups excluding carboxylic acids is 2. The number of nitrogens with zero attached hydrogens (tertiary/aromatic N) is 4. The normalized spacial score (nSPS) is 19.4. The summed E-state index contributed by atoms with van der Waals surface area (Å²) < 4.78 is 4.98. The number of rotatable bonds is 7. The molecule has 0 aliphatic carbocycles. The maximum atomic E-state index is 13.1. The second-order valence-corrected chi connectivity index (χ2v) is 9.32. The van der Waals surface area contributed by atoms with Gasteiger partial charge in [0.1, 0.15) is 5.76 Å². The van der Waals surface area contributed by atoms with Gasteiger partial charge in [0.2, 0.25) is 11.8 Å². The van der Waals surface area contributed by atoms with Gasteiger partial charge in [-0.05, 0) is 44.6 Å². The van der Waals surface area contributed by atoms with Gasteiger partial charge in [0, 0.05) is 45.3 Å². The molecule has 1 aromatic heterocycles. The first kappa shape index (κ1) is 23.4. The van der Waals surface area contributed by atoms with E-state index >= 15 is 0 Å². The summed E-state index contributed by atoms with van der Waals surface area (Å²) in [6.07, 6.45) is 3.24. The van der Waals surface area contributed by atoms with Crippen LogP contribution in [0.25, 0.3) is 0 Å². The van der Waals surface area contributed by atoms with Crippen LogP contribution in [0.1, 0.15) is 31.1 Å². The SMILES string of the molecule is Cc1cc(NC(=O)CN2CCN([C@H](C)C(=O)N3CCC(Cc4ccccc4)CC3)CC2)no1. The number of hydrogen-bond donors (Lipinski definition) is 1. The molecule has 2 fully saturated rings. The maximum Gasteiger partial charge on any atom is 0.239 e. The summed E-state index contributed by atoms with van der Waals surface area (Å²) >= 11 is 0. The molecule has 2 amide bonds. The Kier molecular flexibility index (Phi) is 7.77. The zero-order chi connectivity index (χ0) is 23.2. The maximum absolute atomic E-state index is 13.1. The van der Waals surface area contributed by atoms with Crippen LogP contribution in [0.4, 0.5) is 5.82 Å². The Balaban J connectivity index is 1.17. The summed E-state index contributed by atoms with van der Waals surface area (Å²) in [6, 6.07) is 12.2. The van der Waals surface area contributed by atoms with E-state index in [4.69, 9.17) is 4.52 Å². The van der Waals surface area contributed by atoms with Crippen LogP contribution in [0.5, 0.6) is 0 Å². The predicted octanol–water partition coefficient (Wildman–Crippen LogP) is 2.41. The summed E-state index contributed by atoms with van der Waals surface area (Å²) in [5.74, 6) is 1.91. The van der Waals surface area contributed by atoms with Crippen LogP contribution in [0.2, 0.25) is 0 Å². The topological polar surface area (TPSA) is 81.9 Å². The van der Waals surface area contributed by atoms with Crippen LogP contribution in [0.15, 0.2) is 40.9 Å². The lowest BCUT2D eigenvalue weighted by Gasteiger charge is -2.40. The van der Waals surface area contributed by atoms with Crippen molar-refractivity contribution in [1.29, 1.82) is 0 Å². The summed E-state index contributed by atoms with van der Waals surface area (Å²) in [5.41, 5.74) is 1.39. The number of aryl methyl sites for hydroxylation is 1. The summed E-state index contributed by atoms with van der Waals surface area (Å²) in [6.45, 7) is 8.93. The molecule has 33 heavy (non-hydrogen) atoms. The van der Waals surface area contributed by atoms with Gasteiger partial charge in [-0.2, -0.15) is 0 Å². The second kappa shape index (κ2) is 10.9. The summed E-state index contributed by atoms with van der Waals surface area (Å²) in [4.78, 5) is 31.8. The predicted molar refractivity (Wildman–Crippen MR) is 127 cm³/mol. The third-order valence-electron chi connectivity index (χ3n) is 6.87. The average Bonchev–Trinajstić information content (AvgIpc) is 3.24. The van der Waals surface area contributed by atoms with Gasteiger partial charge in [0.15, 0.2) is 5.82 Å². The molecule has 1 aromatic carbocycles. The highest BCUT2D eigenvalue weighted by molar-refractivity contribution is 5.91. The number of benzene rings is 1. The van der Waals surface area contributed by atoms with Crippen LogP contribution < -0.4 is 5.32 Å². The Morgan fingerprint density at radius 2 is 1.79 bits per heavy atom. The lowest BCUT2D eigenvalue weighted by atomic mass is 9.90. The van der Waals surface area contributed by atoms with Gasteiger partial charge in [-0.1, -0.05) is 35.5 Å². The number of amides is 2. The number of piperidine rings is 1. The standard InChI is InChI=1S/C25H35N5O3/c1-19-16-23(27-33-19)26-24(31)18-28-12-14-29(15-13-28)20(2)25(32)30-10-8-22(9-11-30)17-21-6-4-3-5-7-21/h3-7,16,20,22H,8-15,17-18H2,1-2H3,(H,26,27,31)/t20-/m1/s1. The van der Waals surface area contributed by atoms with Crippen molar-refractivity contribution in [3.8, 4) is 0 Å². The van der Waals surface area contributed by atoms with E-state index in [1.54, 1.807) is 13.0 Å². The molecule has 2 aliphatic heterocycles. The van der Waals surface area contributed by atoms with Gasteiger partial charge in [0.25, 0.3) is 0 Å². The Morgan fingerprint density at radius 1 is 1.09 bits per heavy atom. The molecule has 2 aliphatic rings. The Labute approximate surface area is 195 Å². The zero-order valence-corrected chi connectivity index (χ0v) is 19.7. The minimum atomic E-state index is -0.121. The number of piperazine rings is 1. The first-order chi connectivity index (χ1) is 16.0. The molecule has 1 atom stereocenters. The molecule has 0 spiro atoms. The average molecular weight is 454 g/mol. The molecular formula is C25H35N5O3. The number of carbonyl (C=O) groups is 2. The van der Waals surface area contributed by atoms with E-state index in [0.29, 0.717) is 24.0 Å². The van der Waals surface area contributed by atoms with Gasteiger partial charge in [-0.3, -0.25) is 19.4 Å².